The lowest BCUT2D eigenvalue weighted by Gasteiger charge is -2.37. The van der Waals surface area contributed by atoms with Crippen LogP contribution in [-0.2, 0) is 6.42 Å². The first-order valence-electron chi connectivity index (χ1n) is 10.0. The quantitative estimate of drug-likeness (QED) is 0.741. The van der Waals surface area contributed by atoms with Crippen molar-refractivity contribution in [3.63, 3.8) is 0 Å². The molecule has 1 saturated heterocycles. The van der Waals surface area contributed by atoms with Gasteiger partial charge in [-0.05, 0) is 50.3 Å². The fraction of sp³-hybridized carbons (Fsp3) is 0.545. The van der Waals surface area contributed by atoms with Crippen LogP contribution in [0.1, 0.15) is 60.8 Å². The normalized spacial score (nSPS) is 18.0. The minimum absolute atomic E-state index is 0.0643. The zero-order chi connectivity index (χ0) is 19.2. The van der Waals surface area contributed by atoms with Gasteiger partial charge in [0.1, 0.15) is 0 Å². The number of piperidine rings is 1. The Morgan fingerprint density at radius 2 is 2.11 bits per heavy atom. The van der Waals surface area contributed by atoms with Crippen molar-refractivity contribution in [1.82, 2.24) is 15.0 Å². The van der Waals surface area contributed by atoms with E-state index in [0.717, 1.165) is 51.0 Å². The molecule has 0 saturated carbocycles. The van der Waals surface area contributed by atoms with Crippen molar-refractivity contribution in [3.05, 3.63) is 53.4 Å². The Bertz CT molecular complexity index is 726. The van der Waals surface area contributed by atoms with E-state index in [4.69, 9.17) is 4.52 Å². The highest BCUT2D eigenvalue weighted by Crippen LogP contribution is 2.20. The predicted octanol–water partition coefficient (Wildman–Crippen LogP) is 3.97. The summed E-state index contributed by atoms with van der Waals surface area (Å²) < 4.78 is 5.29. The maximum Gasteiger partial charge on any atom is 0.292 e. The largest absolute Gasteiger partial charge is 0.351 e. The molecule has 0 radical (unpaired) electrons. The Labute approximate surface area is 162 Å². The van der Waals surface area contributed by atoms with E-state index in [-0.39, 0.29) is 17.9 Å². The van der Waals surface area contributed by atoms with Gasteiger partial charge in [0.15, 0.2) is 0 Å². The van der Waals surface area contributed by atoms with Gasteiger partial charge in [0.25, 0.3) is 5.91 Å². The molecule has 0 bridgehead atoms. The second kappa shape index (κ2) is 9.18. The minimum Gasteiger partial charge on any atom is -0.351 e. The molecule has 1 aromatic heterocycles. The number of rotatable bonds is 7. The molecule has 2 aromatic rings. The lowest BCUT2D eigenvalue weighted by Crippen LogP contribution is -2.48. The molecule has 1 aliphatic rings. The predicted molar refractivity (Wildman–Crippen MR) is 107 cm³/mol. The highest BCUT2D eigenvalue weighted by atomic mass is 16.5. The number of likely N-dealkylation sites (tertiary alicyclic amines) is 1. The number of carbonyl (C=O) groups excluding carboxylic acids is 1. The van der Waals surface area contributed by atoms with E-state index in [2.05, 4.69) is 40.4 Å². The van der Waals surface area contributed by atoms with Crippen molar-refractivity contribution in [3.8, 4) is 0 Å². The van der Waals surface area contributed by atoms with E-state index < -0.39 is 0 Å². The summed E-state index contributed by atoms with van der Waals surface area (Å²) in [6.45, 7) is 7.22. The van der Waals surface area contributed by atoms with E-state index in [0.29, 0.717) is 5.76 Å². The third-order valence-corrected chi connectivity index (χ3v) is 5.46. The van der Waals surface area contributed by atoms with Crippen LogP contribution in [0.3, 0.4) is 0 Å². The molecule has 5 nitrogen and oxygen atoms in total. The molecular formula is C22H31N3O2. The van der Waals surface area contributed by atoms with Gasteiger partial charge in [-0.2, -0.15) is 0 Å². The second-order valence-electron chi connectivity index (χ2n) is 7.87. The van der Waals surface area contributed by atoms with Gasteiger partial charge in [-0.3, -0.25) is 4.79 Å². The molecule has 0 unspecified atom stereocenters. The zero-order valence-electron chi connectivity index (χ0n) is 16.7. The summed E-state index contributed by atoms with van der Waals surface area (Å²) >= 11 is 0. The minimum atomic E-state index is -0.0643. The average molecular weight is 370 g/mol. The molecule has 1 aliphatic heterocycles. The van der Waals surface area contributed by atoms with E-state index in [1.807, 2.05) is 25.8 Å². The summed E-state index contributed by atoms with van der Waals surface area (Å²) in [4.78, 5) is 17.1. The number of aromatic nitrogens is 1. The lowest BCUT2D eigenvalue weighted by molar-refractivity contribution is 0.0578. The molecule has 0 N–H and O–H groups in total. The van der Waals surface area contributed by atoms with Crippen LogP contribution in [0.15, 0.2) is 40.9 Å². The Hall–Kier alpha value is -2.14. The van der Waals surface area contributed by atoms with E-state index in [9.17, 15) is 4.79 Å². The zero-order valence-corrected chi connectivity index (χ0v) is 16.7. The maximum atomic E-state index is 12.8. The topological polar surface area (TPSA) is 49.6 Å². The summed E-state index contributed by atoms with van der Waals surface area (Å²) in [5.74, 6) is 0.545. The number of hydrogen-bond acceptors (Lipinski definition) is 4. The summed E-state index contributed by atoms with van der Waals surface area (Å²) in [6.07, 6.45) is 4.42. The van der Waals surface area contributed by atoms with Gasteiger partial charge >= 0.3 is 0 Å². The number of hydrogen-bond donors (Lipinski definition) is 0. The molecule has 1 atom stereocenters. The third-order valence-electron chi connectivity index (χ3n) is 5.46. The van der Waals surface area contributed by atoms with Crippen molar-refractivity contribution in [2.24, 2.45) is 0 Å². The fourth-order valence-corrected chi connectivity index (χ4v) is 3.70. The lowest BCUT2D eigenvalue weighted by atomic mass is 10.0. The number of carbonyl (C=O) groups is 1. The highest BCUT2D eigenvalue weighted by Gasteiger charge is 2.28. The van der Waals surface area contributed by atoms with E-state index >= 15 is 0 Å². The fourth-order valence-electron chi connectivity index (χ4n) is 3.70. The molecule has 1 amide bonds. The van der Waals surface area contributed by atoms with Crippen LogP contribution < -0.4 is 0 Å². The van der Waals surface area contributed by atoms with Crippen LogP contribution in [0.25, 0.3) is 0 Å². The number of likely N-dealkylation sites (N-methyl/N-ethyl adjacent to an activating group) is 1. The smallest absolute Gasteiger partial charge is 0.292 e. The van der Waals surface area contributed by atoms with Crippen LogP contribution >= 0.6 is 0 Å². The van der Waals surface area contributed by atoms with Crippen LogP contribution in [-0.4, -0.2) is 53.6 Å². The monoisotopic (exact) mass is 369 g/mol. The van der Waals surface area contributed by atoms with E-state index in [1.54, 1.807) is 6.07 Å². The second-order valence-corrected chi connectivity index (χ2v) is 7.87. The highest BCUT2D eigenvalue weighted by molar-refractivity contribution is 5.91. The Kier molecular flexibility index (Phi) is 6.67. The molecule has 3 rings (SSSR count). The van der Waals surface area contributed by atoms with Crippen LogP contribution in [0.4, 0.5) is 0 Å². The SMILES string of the molecule is CC(C)c1cc(C(=O)N(C)[C@@H]2CCCN(CCCc3ccccc3)C2)on1. The third kappa shape index (κ3) is 5.19. The first-order valence-corrected chi connectivity index (χ1v) is 10.0. The van der Waals surface area contributed by atoms with Gasteiger partial charge < -0.3 is 14.3 Å². The van der Waals surface area contributed by atoms with Crippen LogP contribution in [0, 0.1) is 0 Å². The van der Waals surface area contributed by atoms with Crippen LogP contribution in [0.2, 0.25) is 0 Å². The number of nitrogens with zero attached hydrogens (tertiary/aromatic N) is 3. The molecule has 27 heavy (non-hydrogen) atoms. The first-order chi connectivity index (χ1) is 13.0. The summed E-state index contributed by atoms with van der Waals surface area (Å²) in [5.41, 5.74) is 2.22. The summed E-state index contributed by atoms with van der Waals surface area (Å²) in [6, 6.07) is 12.6. The molecular weight excluding hydrogens is 338 g/mol. The molecule has 1 fully saturated rings. The standard InChI is InChI=1S/C22H31N3O2/c1-17(2)20-15-21(27-23-20)22(26)24(3)19-12-8-14-25(16-19)13-7-11-18-9-5-4-6-10-18/h4-6,9-10,15,17,19H,7-8,11-14,16H2,1-3H3/t19-/m1/s1. The van der Waals surface area contributed by atoms with Gasteiger partial charge in [0, 0.05) is 25.7 Å². The van der Waals surface area contributed by atoms with Gasteiger partial charge in [-0.15, -0.1) is 0 Å². The Morgan fingerprint density at radius 3 is 2.81 bits per heavy atom. The van der Waals surface area contributed by atoms with Crippen LogP contribution in [0.5, 0.6) is 0 Å². The first kappa shape index (κ1) is 19.6. The van der Waals surface area contributed by atoms with Gasteiger partial charge in [-0.25, -0.2) is 0 Å². The van der Waals surface area contributed by atoms with Crippen molar-refractivity contribution in [2.45, 2.75) is 51.5 Å². The number of benzene rings is 1. The summed E-state index contributed by atoms with van der Waals surface area (Å²) in [5, 5.41) is 4.02. The molecule has 1 aromatic carbocycles. The summed E-state index contributed by atoms with van der Waals surface area (Å²) in [7, 11) is 1.89. The Morgan fingerprint density at radius 1 is 1.33 bits per heavy atom. The molecule has 2 heterocycles. The van der Waals surface area contributed by atoms with Crippen molar-refractivity contribution in [1.29, 1.82) is 0 Å². The number of aryl methyl sites for hydroxylation is 1. The number of amides is 1. The van der Waals surface area contributed by atoms with E-state index in [1.165, 1.54) is 5.56 Å². The van der Waals surface area contributed by atoms with Crippen molar-refractivity contribution < 1.29 is 9.32 Å². The molecule has 5 heteroatoms. The molecule has 0 spiro atoms. The van der Waals surface area contributed by atoms with Gasteiger partial charge in [0.2, 0.25) is 5.76 Å². The molecule has 146 valence electrons. The van der Waals surface area contributed by atoms with Gasteiger partial charge in [0.05, 0.1) is 5.69 Å². The molecule has 0 aliphatic carbocycles. The van der Waals surface area contributed by atoms with Crippen molar-refractivity contribution >= 4 is 5.91 Å². The van der Waals surface area contributed by atoms with Crippen molar-refractivity contribution in [2.75, 3.05) is 26.7 Å². The Balaban J connectivity index is 1.51. The maximum absolute atomic E-state index is 12.8. The average Bonchev–Trinajstić information content (AvgIpc) is 3.18. The van der Waals surface area contributed by atoms with Gasteiger partial charge in [-0.1, -0.05) is 49.3 Å².